The molecule has 0 atom stereocenters. The Hall–Kier alpha value is -0.370. The highest BCUT2D eigenvalue weighted by molar-refractivity contribution is 14.1. The highest BCUT2D eigenvalue weighted by atomic mass is 127. The second kappa shape index (κ2) is 4.63. The van der Waals surface area contributed by atoms with Crippen LogP contribution >= 0.6 is 34.4 Å². The molecule has 2 aromatic rings. The topological polar surface area (TPSA) is 43.1 Å². The van der Waals surface area contributed by atoms with Crippen molar-refractivity contribution in [1.82, 2.24) is 19.6 Å². The van der Waals surface area contributed by atoms with Gasteiger partial charge in [-0.25, -0.2) is 14.5 Å². The number of halogens is 1. The lowest BCUT2D eigenvalue weighted by Crippen LogP contribution is -2.35. The lowest BCUT2D eigenvalue weighted by Gasteiger charge is -2.39. The van der Waals surface area contributed by atoms with Crippen LogP contribution in [0, 0.1) is 3.70 Å². The van der Waals surface area contributed by atoms with Crippen LogP contribution in [0.15, 0.2) is 11.4 Å². The highest BCUT2D eigenvalue weighted by Gasteiger charge is 2.41. The first-order chi connectivity index (χ1) is 8.70. The molecule has 3 rings (SSSR count). The van der Waals surface area contributed by atoms with Crippen molar-refractivity contribution in [2.75, 3.05) is 6.26 Å². The van der Waals surface area contributed by atoms with Gasteiger partial charge in [0.05, 0.1) is 6.20 Å². The molecule has 1 aliphatic rings. The molecule has 0 saturated heterocycles. The smallest absolute Gasteiger partial charge is 0.207 e. The van der Waals surface area contributed by atoms with Gasteiger partial charge in [0, 0.05) is 5.41 Å². The van der Waals surface area contributed by atoms with Gasteiger partial charge in [-0.15, -0.1) is 5.10 Å². The fourth-order valence-corrected chi connectivity index (χ4v) is 3.53. The summed E-state index contributed by atoms with van der Waals surface area (Å²) in [6.45, 7) is 2.25. The summed E-state index contributed by atoms with van der Waals surface area (Å²) < 4.78 is 3.03. The predicted molar refractivity (Wildman–Crippen MR) is 81.1 cm³/mol. The molecule has 0 spiro atoms. The molecule has 18 heavy (non-hydrogen) atoms. The van der Waals surface area contributed by atoms with Crippen LogP contribution < -0.4 is 0 Å². The molecule has 0 bridgehead atoms. The number of rotatable bonds is 3. The Morgan fingerprint density at radius 2 is 2.28 bits per heavy atom. The Morgan fingerprint density at radius 1 is 1.50 bits per heavy atom. The van der Waals surface area contributed by atoms with Gasteiger partial charge >= 0.3 is 0 Å². The summed E-state index contributed by atoms with van der Waals surface area (Å²) in [6.07, 6.45) is 8.80. The van der Waals surface area contributed by atoms with Gasteiger partial charge in [0.15, 0.2) is 0 Å². The van der Waals surface area contributed by atoms with Crippen molar-refractivity contribution in [3.05, 3.63) is 15.7 Å². The fraction of sp³-hybridized carbons (Fsp3) is 0.583. The standard InChI is InChI=1S/C12H15IN4S/c1-3-12(5-4-6-12)10-15-9(13)8-7-14-11(18-2)16-17(8)10/h7H,3-6H2,1-2H3. The second-order valence-corrected chi connectivity index (χ2v) is 6.55. The number of fused-ring (bicyclic) bond motifs is 1. The second-order valence-electron chi connectivity index (χ2n) is 4.76. The monoisotopic (exact) mass is 374 g/mol. The molecule has 96 valence electrons. The molecule has 4 nitrogen and oxygen atoms in total. The van der Waals surface area contributed by atoms with E-state index in [2.05, 4.69) is 39.6 Å². The molecule has 1 aliphatic carbocycles. The maximum atomic E-state index is 4.77. The zero-order valence-corrected chi connectivity index (χ0v) is 13.5. The number of hydrogen-bond acceptors (Lipinski definition) is 4. The summed E-state index contributed by atoms with van der Waals surface area (Å²) in [4.78, 5) is 9.11. The average molecular weight is 374 g/mol. The predicted octanol–water partition coefficient (Wildman–Crippen LogP) is 3.28. The van der Waals surface area contributed by atoms with Crippen LogP contribution in [-0.4, -0.2) is 25.8 Å². The molecule has 6 heteroatoms. The van der Waals surface area contributed by atoms with Crippen molar-refractivity contribution in [3.63, 3.8) is 0 Å². The molecule has 0 N–H and O–H groups in total. The van der Waals surface area contributed by atoms with E-state index in [-0.39, 0.29) is 5.41 Å². The van der Waals surface area contributed by atoms with Crippen molar-refractivity contribution in [2.24, 2.45) is 0 Å². The van der Waals surface area contributed by atoms with Crippen LogP contribution in [-0.2, 0) is 5.41 Å². The summed E-state index contributed by atoms with van der Waals surface area (Å²) in [5.41, 5.74) is 1.28. The Labute approximate surface area is 124 Å². The van der Waals surface area contributed by atoms with Crippen molar-refractivity contribution >= 4 is 39.9 Å². The minimum Gasteiger partial charge on any atom is -0.227 e. The SMILES string of the molecule is CCC1(c2nc(I)c3cnc(SC)nn23)CCC1. The fourth-order valence-electron chi connectivity index (χ4n) is 2.61. The summed E-state index contributed by atoms with van der Waals surface area (Å²) in [7, 11) is 0. The molecule has 0 amide bonds. The van der Waals surface area contributed by atoms with E-state index in [0.717, 1.165) is 26.6 Å². The van der Waals surface area contributed by atoms with E-state index in [9.17, 15) is 0 Å². The highest BCUT2D eigenvalue weighted by Crippen LogP contribution is 2.46. The molecular weight excluding hydrogens is 359 g/mol. The Balaban J connectivity index is 2.22. The van der Waals surface area contributed by atoms with Gasteiger partial charge in [0.1, 0.15) is 15.0 Å². The maximum Gasteiger partial charge on any atom is 0.207 e. The Kier molecular flexibility index (Phi) is 3.25. The van der Waals surface area contributed by atoms with Crippen molar-refractivity contribution in [1.29, 1.82) is 0 Å². The van der Waals surface area contributed by atoms with Crippen LogP contribution in [0.2, 0.25) is 0 Å². The number of hydrogen-bond donors (Lipinski definition) is 0. The number of imidazole rings is 1. The number of nitrogens with zero attached hydrogens (tertiary/aromatic N) is 4. The largest absolute Gasteiger partial charge is 0.227 e. The summed E-state index contributed by atoms with van der Waals surface area (Å²) in [5.74, 6) is 1.13. The average Bonchev–Trinajstić information content (AvgIpc) is 2.66. The molecule has 0 radical (unpaired) electrons. The van der Waals surface area contributed by atoms with Crippen LogP contribution in [0.5, 0.6) is 0 Å². The van der Waals surface area contributed by atoms with Crippen LogP contribution in [0.3, 0.4) is 0 Å². The third-order valence-electron chi connectivity index (χ3n) is 3.97. The first kappa shape index (κ1) is 12.7. The first-order valence-corrected chi connectivity index (χ1v) is 8.46. The van der Waals surface area contributed by atoms with Crippen LogP contribution in [0.4, 0.5) is 0 Å². The number of aromatic nitrogens is 4. The minimum absolute atomic E-state index is 0.246. The van der Waals surface area contributed by atoms with Gasteiger partial charge in [-0.3, -0.25) is 0 Å². The first-order valence-electron chi connectivity index (χ1n) is 6.16. The Bertz CT molecular complexity index is 586. The van der Waals surface area contributed by atoms with E-state index in [1.165, 1.54) is 19.3 Å². The van der Waals surface area contributed by atoms with Crippen LogP contribution in [0.25, 0.3) is 5.52 Å². The molecule has 0 unspecified atom stereocenters. The third-order valence-corrected chi connectivity index (χ3v) is 5.32. The van der Waals surface area contributed by atoms with Gasteiger partial charge in [-0.2, -0.15) is 0 Å². The molecule has 0 aliphatic heterocycles. The normalized spacial score (nSPS) is 17.9. The van der Waals surface area contributed by atoms with E-state index in [1.807, 2.05) is 17.0 Å². The zero-order valence-electron chi connectivity index (χ0n) is 10.5. The summed E-state index contributed by atoms with van der Waals surface area (Å²) >= 11 is 3.85. The maximum absolute atomic E-state index is 4.77. The molecule has 2 aromatic heterocycles. The third kappa shape index (κ3) is 1.76. The van der Waals surface area contributed by atoms with Gasteiger partial charge in [0.2, 0.25) is 5.16 Å². The molecule has 0 aromatic carbocycles. The molecule has 1 fully saturated rings. The van der Waals surface area contributed by atoms with Gasteiger partial charge < -0.3 is 0 Å². The minimum atomic E-state index is 0.246. The van der Waals surface area contributed by atoms with E-state index >= 15 is 0 Å². The molecular formula is C12H15IN4S. The van der Waals surface area contributed by atoms with E-state index in [1.54, 1.807) is 11.8 Å². The van der Waals surface area contributed by atoms with Crippen LogP contribution in [0.1, 0.15) is 38.4 Å². The quantitative estimate of drug-likeness (QED) is 0.611. The van der Waals surface area contributed by atoms with Gasteiger partial charge in [0.25, 0.3) is 0 Å². The van der Waals surface area contributed by atoms with Gasteiger partial charge in [-0.1, -0.05) is 25.1 Å². The Morgan fingerprint density at radius 3 is 2.83 bits per heavy atom. The lowest BCUT2D eigenvalue weighted by molar-refractivity contribution is 0.216. The zero-order chi connectivity index (χ0) is 12.8. The van der Waals surface area contributed by atoms with Crippen molar-refractivity contribution in [2.45, 2.75) is 43.2 Å². The van der Waals surface area contributed by atoms with Crippen molar-refractivity contribution < 1.29 is 0 Å². The summed E-state index contributed by atoms with van der Waals surface area (Å²) in [6, 6.07) is 0. The van der Waals surface area contributed by atoms with E-state index in [4.69, 9.17) is 4.98 Å². The van der Waals surface area contributed by atoms with E-state index < -0.39 is 0 Å². The lowest BCUT2D eigenvalue weighted by atomic mass is 9.66. The van der Waals surface area contributed by atoms with Gasteiger partial charge in [-0.05, 0) is 48.1 Å². The van der Waals surface area contributed by atoms with E-state index in [0.29, 0.717) is 0 Å². The molecule has 2 heterocycles. The van der Waals surface area contributed by atoms with Crippen molar-refractivity contribution in [3.8, 4) is 0 Å². The number of thioether (sulfide) groups is 1. The summed E-state index contributed by atoms with van der Waals surface area (Å²) in [5, 5.41) is 5.42. The molecule has 1 saturated carbocycles.